The molecule has 2 aromatic carbocycles. The minimum absolute atomic E-state index is 0.0716. The van der Waals surface area contributed by atoms with Crippen LogP contribution in [0.2, 0.25) is 0 Å². The number of hydrogen-bond donors (Lipinski definition) is 2. The number of primary sulfonamides is 1. The molecule has 0 bridgehead atoms. The lowest BCUT2D eigenvalue weighted by molar-refractivity contribution is -0.121. The number of amides is 2. The van der Waals surface area contributed by atoms with E-state index >= 15 is 0 Å². The highest BCUT2D eigenvalue weighted by Crippen LogP contribution is 2.26. The molecular formula is C21H24FN3O4S. The summed E-state index contributed by atoms with van der Waals surface area (Å²) in [7, 11) is -3.91. The third kappa shape index (κ3) is 4.85. The van der Waals surface area contributed by atoms with Crippen LogP contribution in [0.15, 0.2) is 41.3 Å². The van der Waals surface area contributed by atoms with Crippen LogP contribution in [0.25, 0.3) is 0 Å². The second-order valence-electron chi connectivity index (χ2n) is 7.54. The number of nitrogens with zero attached hydrogens (tertiary/aromatic N) is 1. The molecule has 9 heteroatoms. The minimum Gasteiger partial charge on any atom is -0.338 e. The Morgan fingerprint density at radius 3 is 2.47 bits per heavy atom. The van der Waals surface area contributed by atoms with Gasteiger partial charge in [-0.05, 0) is 74.2 Å². The Kier molecular flexibility index (Phi) is 6.23. The van der Waals surface area contributed by atoms with Crippen molar-refractivity contribution in [3.63, 3.8) is 0 Å². The van der Waals surface area contributed by atoms with E-state index in [4.69, 9.17) is 5.14 Å². The normalized spacial score (nSPS) is 16.9. The lowest BCUT2D eigenvalue weighted by Gasteiger charge is -2.32. The number of likely N-dealkylation sites (tertiary alicyclic amines) is 1. The van der Waals surface area contributed by atoms with Crippen molar-refractivity contribution in [2.75, 3.05) is 18.4 Å². The molecule has 0 aliphatic carbocycles. The van der Waals surface area contributed by atoms with E-state index in [0.717, 1.165) is 5.56 Å². The SMILES string of the molecule is Cc1cc(S(N)(=O)=O)cc(NC(=O)[C@H]2CCCN(C(=O)c3ccc(F)cc3)C2)c1C. The molecule has 1 saturated heterocycles. The summed E-state index contributed by atoms with van der Waals surface area (Å²) in [6.45, 7) is 4.26. The maximum absolute atomic E-state index is 13.1. The van der Waals surface area contributed by atoms with Crippen molar-refractivity contribution in [2.45, 2.75) is 31.6 Å². The number of carbonyl (C=O) groups excluding carboxylic acids is 2. The molecule has 30 heavy (non-hydrogen) atoms. The van der Waals surface area contributed by atoms with Gasteiger partial charge in [-0.3, -0.25) is 9.59 Å². The Labute approximate surface area is 175 Å². The number of nitrogens with two attached hydrogens (primary N) is 1. The Morgan fingerprint density at radius 1 is 1.17 bits per heavy atom. The fourth-order valence-electron chi connectivity index (χ4n) is 3.51. The number of piperidine rings is 1. The summed E-state index contributed by atoms with van der Waals surface area (Å²) >= 11 is 0. The summed E-state index contributed by atoms with van der Waals surface area (Å²) in [6, 6.07) is 8.11. The van der Waals surface area contributed by atoms with Gasteiger partial charge in [-0.15, -0.1) is 0 Å². The van der Waals surface area contributed by atoms with E-state index in [9.17, 15) is 22.4 Å². The highest BCUT2D eigenvalue weighted by molar-refractivity contribution is 7.89. The second kappa shape index (κ2) is 8.53. The molecule has 1 heterocycles. The summed E-state index contributed by atoms with van der Waals surface area (Å²) in [4.78, 5) is 27.1. The zero-order valence-corrected chi connectivity index (χ0v) is 17.6. The Balaban J connectivity index is 1.75. The predicted molar refractivity (Wildman–Crippen MR) is 111 cm³/mol. The largest absolute Gasteiger partial charge is 0.338 e. The molecule has 3 rings (SSSR count). The molecule has 0 unspecified atom stereocenters. The fraction of sp³-hybridized carbons (Fsp3) is 0.333. The van der Waals surface area contributed by atoms with Gasteiger partial charge < -0.3 is 10.2 Å². The molecule has 1 aliphatic rings. The van der Waals surface area contributed by atoms with Gasteiger partial charge in [0.15, 0.2) is 0 Å². The van der Waals surface area contributed by atoms with E-state index in [0.29, 0.717) is 36.2 Å². The lowest BCUT2D eigenvalue weighted by atomic mass is 9.96. The molecule has 160 valence electrons. The van der Waals surface area contributed by atoms with Crippen LogP contribution in [0.4, 0.5) is 10.1 Å². The maximum atomic E-state index is 13.1. The molecule has 7 nitrogen and oxygen atoms in total. The smallest absolute Gasteiger partial charge is 0.253 e. The van der Waals surface area contributed by atoms with Crippen molar-refractivity contribution in [1.29, 1.82) is 0 Å². The summed E-state index contributed by atoms with van der Waals surface area (Å²) < 4.78 is 36.5. The number of benzene rings is 2. The van der Waals surface area contributed by atoms with Crippen molar-refractivity contribution in [2.24, 2.45) is 11.1 Å². The first-order chi connectivity index (χ1) is 14.1. The number of aryl methyl sites for hydroxylation is 1. The van der Waals surface area contributed by atoms with Crippen molar-refractivity contribution in [1.82, 2.24) is 4.90 Å². The average Bonchev–Trinajstić information content (AvgIpc) is 2.70. The standard InChI is InChI=1S/C21H24FN3O4S/c1-13-10-18(30(23,28)29)11-19(14(13)2)24-20(26)16-4-3-9-25(12-16)21(27)15-5-7-17(22)8-6-15/h5-8,10-11,16H,3-4,9,12H2,1-2H3,(H,24,26)(H2,23,28,29)/t16-/m0/s1. The number of anilines is 1. The summed E-state index contributed by atoms with van der Waals surface area (Å²) in [5, 5.41) is 8.02. The first-order valence-electron chi connectivity index (χ1n) is 9.56. The van der Waals surface area contributed by atoms with Crippen LogP contribution in [-0.2, 0) is 14.8 Å². The third-order valence-electron chi connectivity index (χ3n) is 5.40. The maximum Gasteiger partial charge on any atom is 0.253 e. The number of sulfonamides is 1. The van der Waals surface area contributed by atoms with Crippen LogP contribution in [0.3, 0.4) is 0 Å². The van der Waals surface area contributed by atoms with E-state index < -0.39 is 21.8 Å². The van der Waals surface area contributed by atoms with Crippen LogP contribution in [0.5, 0.6) is 0 Å². The van der Waals surface area contributed by atoms with Crippen LogP contribution < -0.4 is 10.5 Å². The molecule has 2 aromatic rings. The monoisotopic (exact) mass is 433 g/mol. The first kappa shape index (κ1) is 21.9. The molecule has 3 N–H and O–H groups in total. The number of hydrogen-bond acceptors (Lipinski definition) is 4. The zero-order chi connectivity index (χ0) is 22.1. The highest BCUT2D eigenvalue weighted by Gasteiger charge is 2.29. The lowest BCUT2D eigenvalue weighted by Crippen LogP contribution is -2.43. The zero-order valence-electron chi connectivity index (χ0n) is 16.8. The topological polar surface area (TPSA) is 110 Å². The van der Waals surface area contributed by atoms with Crippen LogP contribution in [0.1, 0.15) is 34.3 Å². The first-order valence-corrected chi connectivity index (χ1v) is 11.1. The van der Waals surface area contributed by atoms with E-state index in [1.54, 1.807) is 18.7 Å². The van der Waals surface area contributed by atoms with Gasteiger partial charge in [0.1, 0.15) is 5.82 Å². The summed E-state index contributed by atoms with van der Waals surface area (Å²) in [6.07, 6.45) is 1.26. The van der Waals surface area contributed by atoms with Gasteiger partial charge >= 0.3 is 0 Å². The summed E-state index contributed by atoms with van der Waals surface area (Å²) in [5.41, 5.74) is 2.18. The molecule has 0 aromatic heterocycles. The van der Waals surface area contributed by atoms with Gasteiger partial charge in [0.2, 0.25) is 15.9 Å². The second-order valence-corrected chi connectivity index (χ2v) is 9.11. The molecule has 1 aliphatic heterocycles. The van der Waals surface area contributed by atoms with Crippen molar-refractivity contribution in [3.05, 3.63) is 58.9 Å². The molecule has 0 saturated carbocycles. The van der Waals surface area contributed by atoms with E-state index in [1.165, 1.54) is 36.4 Å². The van der Waals surface area contributed by atoms with Gasteiger partial charge in [-0.2, -0.15) is 0 Å². The highest BCUT2D eigenvalue weighted by atomic mass is 32.2. The molecule has 2 amide bonds. The Morgan fingerprint density at radius 2 is 1.83 bits per heavy atom. The predicted octanol–water partition coefficient (Wildman–Crippen LogP) is 2.58. The van der Waals surface area contributed by atoms with Crippen molar-refractivity contribution < 1.29 is 22.4 Å². The number of carbonyl (C=O) groups is 2. The van der Waals surface area contributed by atoms with E-state index in [1.807, 2.05) is 0 Å². The van der Waals surface area contributed by atoms with E-state index in [2.05, 4.69) is 5.32 Å². The van der Waals surface area contributed by atoms with Crippen LogP contribution in [0, 0.1) is 25.6 Å². The molecule has 1 atom stereocenters. The molecule has 1 fully saturated rings. The van der Waals surface area contributed by atoms with Crippen LogP contribution in [-0.4, -0.2) is 38.2 Å². The number of rotatable bonds is 4. The number of nitrogens with one attached hydrogen (secondary N) is 1. The Hall–Kier alpha value is -2.78. The molecule has 0 radical (unpaired) electrons. The Bertz CT molecular complexity index is 1080. The quantitative estimate of drug-likeness (QED) is 0.772. The molecular weight excluding hydrogens is 409 g/mol. The van der Waals surface area contributed by atoms with Gasteiger partial charge in [0.25, 0.3) is 5.91 Å². The van der Waals surface area contributed by atoms with Gasteiger partial charge in [-0.25, -0.2) is 17.9 Å². The average molecular weight is 434 g/mol. The molecule has 0 spiro atoms. The van der Waals surface area contributed by atoms with Gasteiger partial charge in [-0.1, -0.05) is 0 Å². The van der Waals surface area contributed by atoms with Gasteiger partial charge in [0.05, 0.1) is 10.8 Å². The number of halogens is 1. The van der Waals surface area contributed by atoms with E-state index in [-0.39, 0.29) is 23.3 Å². The fourth-order valence-corrected chi connectivity index (χ4v) is 4.13. The van der Waals surface area contributed by atoms with Crippen molar-refractivity contribution >= 4 is 27.5 Å². The van der Waals surface area contributed by atoms with Gasteiger partial charge in [0, 0.05) is 24.3 Å². The van der Waals surface area contributed by atoms with Crippen LogP contribution >= 0.6 is 0 Å². The summed E-state index contributed by atoms with van der Waals surface area (Å²) in [5.74, 6) is -1.41. The minimum atomic E-state index is -3.91. The van der Waals surface area contributed by atoms with Crippen molar-refractivity contribution in [3.8, 4) is 0 Å². The third-order valence-corrected chi connectivity index (χ3v) is 6.29.